The highest BCUT2D eigenvalue weighted by Gasteiger charge is 2.32. The van der Waals surface area contributed by atoms with Gasteiger partial charge in [-0.25, -0.2) is 0 Å². The highest BCUT2D eigenvalue weighted by molar-refractivity contribution is 5.94. The molecule has 1 heterocycles. The number of hydrogen-bond acceptors (Lipinski definition) is 3. The first-order valence-electron chi connectivity index (χ1n) is 14.9. The van der Waals surface area contributed by atoms with E-state index in [-0.39, 0.29) is 17.9 Å². The number of ether oxygens (including phenoxy) is 1. The molecule has 1 N–H and O–H groups in total. The van der Waals surface area contributed by atoms with E-state index in [2.05, 4.69) is 37.4 Å². The first-order chi connectivity index (χ1) is 18.5. The summed E-state index contributed by atoms with van der Waals surface area (Å²) in [6.07, 6.45) is 11.4. The number of unbranched alkanes of at least 4 members (excludes halogenated alkanes) is 7. The first kappa shape index (κ1) is 29.9. The molecule has 5 nitrogen and oxygen atoms in total. The predicted molar refractivity (Wildman–Crippen MR) is 155 cm³/mol. The van der Waals surface area contributed by atoms with Crippen LogP contribution in [-0.2, 0) is 22.5 Å². The molecular formula is C33H48N2O3. The summed E-state index contributed by atoms with van der Waals surface area (Å²) in [6, 6.07) is 16.0. The molecule has 2 amide bonds. The van der Waals surface area contributed by atoms with Crippen molar-refractivity contribution in [1.29, 1.82) is 0 Å². The van der Waals surface area contributed by atoms with Crippen molar-refractivity contribution in [2.75, 3.05) is 13.2 Å². The summed E-state index contributed by atoms with van der Waals surface area (Å²) in [6.45, 7) is 7.96. The van der Waals surface area contributed by atoms with Gasteiger partial charge in [0.15, 0.2) is 0 Å². The molecule has 3 rings (SSSR count). The minimum Gasteiger partial charge on any atom is -0.366 e. The zero-order chi connectivity index (χ0) is 27.2. The van der Waals surface area contributed by atoms with Crippen LogP contribution in [0.2, 0.25) is 0 Å². The number of carbonyl (C=O) groups excluding carboxylic acids is 2. The van der Waals surface area contributed by atoms with Crippen LogP contribution in [0, 0.1) is 6.92 Å². The van der Waals surface area contributed by atoms with Gasteiger partial charge in [-0.15, -0.1) is 0 Å². The van der Waals surface area contributed by atoms with E-state index in [1.807, 2.05) is 42.2 Å². The summed E-state index contributed by atoms with van der Waals surface area (Å²) < 4.78 is 6.37. The fourth-order valence-corrected chi connectivity index (χ4v) is 5.22. The van der Waals surface area contributed by atoms with Crippen LogP contribution in [-0.4, -0.2) is 42.0 Å². The van der Waals surface area contributed by atoms with E-state index < -0.39 is 6.10 Å². The van der Waals surface area contributed by atoms with Crippen molar-refractivity contribution in [2.45, 2.75) is 110 Å². The second kappa shape index (κ2) is 16.3. The molecule has 2 aromatic rings. The molecule has 0 saturated carbocycles. The van der Waals surface area contributed by atoms with Gasteiger partial charge in [0.05, 0.1) is 12.6 Å². The molecule has 0 aliphatic carbocycles. The van der Waals surface area contributed by atoms with Gasteiger partial charge in [0.2, 0.25) is 5.91 Å². The summed E-state index contributed by atoms with van der Waals surface area (Å²) >= 11 is 0. The molecule has 2 aromatic carbocycles. The Morgan fingerprint density at radius 1 is 0.921 bits per heavy atom. The van der Waals surface area contributed by atoms with Crippen molar-refractivity contribution < 1.29 is 14.3 Å². The molecule has 0 fully saturated rings. The van der Waals surface area contributed by atoms with Gasteiger partial charge in [-0.3, -0.25) is 9.59 Å². The zero-order valence-electron chi connectivity index (χ0n) is 23.8. The maximum atomic E-state index is 13.6. The lowest BCUT2D eigenvalue weighted by atomic mass is 9.93. The number of carbonyl (C=O) groups is 2. The third kappa shape index (κ3) is 9.27. The van der Waals surface area contributed by atoms with Crippen molar-refractivity contribution in [2.24, 2.45) is 0 Å². The second-order valence-corrected chi connectivity index (χ2v) is 10.8. The van der Waals surface area contributed by atoms with E-state index >= 15 is 0 Å². The first-order valence-corrected chi connectivity index (χ1v) is 14.9. The summed E-state index contributed by atoms with van der Waals surface area (Å²) in [5.41, 5.74) is 4.21. The van der Waals surface area contributed by atoms with Gasteiger partial charge in [-0.1, -0.05) is 107 Å². The van der Waals surface area contributed by atoms with E-state index in [4.69, 9.17) is 4.74 Å². The minimum atomic E-state index is -0.476. The fraction of sp³-hybridized carbons (Fsp3) is 0.576. The van der Waals surface area contributed by atoms with Gasteiger partial charge in [0, 0.05) is 18.7 Å². The Balaban J connectivity index is 1.67. The number of nitrogens with zero attached hydrogens (tertiary/aromatic N) is 1. The Kier molecular flexibility index (Phi) is 12.8. The lowest BCUT2D eigenvalue weighted by Gasteiger charge is -2.37. The fourth-order valence-electron chi connectivity index (χ4n) is 5.22. The topological polar surface area (TPSA) is 58.6 Å². The van der Waals surface area contributed by atoms with Crippen LogP contribution >= 0.6 is 0 Å². The molecule has 2 unspecified atom stereocenters. The number of hydrogen-bond donors (Lipinski definition) is 1. The summed E-state index contributed by atoms with van der Waals surface area (Å²) in [5.74, 6) is 0.00466. The van der Waals surface area contributed by atoms with Crippen molar-refractivity contribution >= 4 is 11.8 Å². The van der Waals surface area contributed by atoms with E-state index in [1.54, 1.807) is 0 Å². The molecule has 38 heavy (non-hydrogen) atoms. The normalized spacial score (nSPS) is 15.7. The highest BCUT2D eigenvalue weighted by Crippen LogP contribution is 2.26. The maximum absolute atomic E-state index is 13.6. The lowest BCUT2D eigenvalue weighted by Crippen LogP contribution is -2.48. The summed E-state index contributed by atoms with van der Waals surface area (Å²) in [4.78, 5) is 28.6. The Morgan fingerprint density at radius 3 is 2.37 bits per heavy atom. The SMILES string of the molecule is CCCCCCCCCC(OCC1Cc2ccccc2CN1C(=O)c1cccc(C)c1)C(=O)NCCCC. The van der Waals surface area contributed by atoms with Crippen molar-refractivity contribution in [3.05, 3.63) is 70.8 Å². The van der Waals surface area contributed by atoms with Crippen LogP contribution in [0.5, 0.6) is 0 Å². The maximum Gasteiger partial charge on any atom is 0.254 e. The Morgan fingerprint density at radius 2 is 1.63 bits per heavy atom. The van der Waals surface area contributed by atoms with Gasteiger partial charge < -0.3 is 15.0 Å². The minimum absolute atomic E-state index is 0.0165. The van der Waals surface area contributed by atoms with Crippen molar-refractivity contribution in [3.8, 4) is 0 Å². The smallest absolute Gasteiger partial charge is 0.254 e. The van der Waals surface area contributed by atoms with Gasteiger partial charge in [-0.2, -0.15) is 0 Å². The monoisotopic (exact) mass is 520 g/mol. The van der Waals surface area contributed by atoms with Crippen LogP contribution in [0.4, 0.5) is 0 Å². The number of aryl methyl sites for hydroxylation is 1. The standard InChI is InChI=1S/C33H48N2O3/c1-4-6-8-9-10-11-12-20-31(32(36)34-21-7-5-2)38-25-30-23-27-17-13-14-18-29(27)24-35(30)33(37)28-19-15-16-26(3)22-28/h13-19,22,30-31H,4-12,20-21,23-25H2,1-3H3,(H,34,36). The molecular weight excluding hydrogens is 472 g/mol. The Labute approximate surface area is 230 Å². The van der Waals surface area contributed by atoms with Crippen LogP contribution in [0.3, 0.4) is 0 Å². The molecule has 0 aromatic heterocycles. The van der Waals surface area contributed by atoms with E-state index in [9.17, 15) is 9.59 Å². The number of fused-ring (bicyclic) bond motifs is 1. The quantitative estimate of drug-likeness (QED) is 0.242. The molecule has 2 atom stereocenters. The molecule has 0 spiro atoms. The summed E-state index contributed by atoms with van der Waals surface area (Å²) in [5, 5.41) is 3.08. The van der Waals surface area contributed by atoms with Gasteiger partial charge in [0.1, 0.15) is 6.10 Å². The van der Waals surface area contributed by atoms with Gasteiger partial charge >= 0.3 is 0 Å². The van der Waals surface area contributed by atoms with E-state index in [0.29, 0.717) is 25.3 Å². The molecule has 5 heteroatoms. The van der Waals surface area contributed by atoms with E-state index in [1.165, 1.54) is 43.2 Å². The number of rotatable bonds is 16. The third-order valence-electron chi connectivity index (χ3n) is 7.56. The van der Waals surface area contributed by atoms with Gasteiger partial charge in [0.25, 0.3) is 5.91 Å². The molecule has 1 aliphatic heterocycles. The van der Waals surface area contributed by atoms with Crippen LogP contribution in [0.15, 0.2) is 48.5 Å². The van der Waals surface area contributed by atoms with Crippen LogP contribution in [0.25, 0.3) is 0 Å². The van der Waals surface area contributed by atoms with Crippen molar-refractivity contribution in [1.82, 2.24) is 10.2 Å². The third-order valence-corrected chi connectivity index (χ3v) is 7.56. The molecule has 0 saturated heterocycles. The average Bonchev–Trinajstić information content (AvgIpc) is 2.93. The number of nitrogens with one attached hydrogen (secondary N) is 1. The largest absolute Gasteiger partial charge is 0.366 e. The van der Waals surface area contributed by atoms with Crippen LogP contribution in [0.1, 0.15) is 105 Å². The zero-order valence-corrected chi connectivity index (χ0v) is 23.8. The molecule has 0 bridgehead atoms. The lowest BCUT2D eigenvalue weighted by molar-refractivity contribution is -0.134. The Hall–Kier alpha value is -2.66. The Bertz CT molecular complexity index is 1010. The van der Waals surface area contributed by atoms with Crippen molar-refractivity contribution in [3.63, 3.8) is 0 Å². The van der Waals surface area contributed by atoms with Gasteiger partial charge in [-0.05, 0) is 49.4 Å². The van der Waals surface area contributed by atoms with E-state index in [0.717, 1.165) is 44.1 Å². The predicted octanol–water partition coefficient (Wildman–Crippen LogP) is 7.00. The highest BCUT2D eigenvalue weighted by atomic mass is 16.5. The average molecular weight is 521 g/mol. The molecule has 208 valence electrons. The van der Waals surface area contributed by atoms with Crippen LogP contribution < -0.4 is 5.32 Å². The summed E-state index contributed by atoms with van der Waals surface area (Å²) in [7, 11) is 0. The molecule has 1 aliphatic rings. The molecule has 0 radical (unpaired) electrons. The number of benzene rings is 2. The number of amides is 2. The second-order valence-electron chi connectivity index (χ2n) is 10.8.